The average molecular weight is 637 g/mol. The third-order valence-corrected chi connectivity index (χ3v) is 10.3. The molecule has 11 rings (SSSR count). The lowest BCUT2D eigenvalue weighted by Crippen LogP contribution is -1.84. The van der Waals surface area contributed by atoms with E-state index in [-0.39, 0.29) is 0 Å². The lowest BCUT2D eigenvalue weighted by atomic mass is 9.95. The molecule has 0 aliphatic rings. The number of furan rings is 1. The first-order valence-corrected chi connectivity index (χ1v) is 17.0. The number of aromatic nitrogens is 2. The van der Waals surface area contributed by atoms with E-state index < -0.39 is 0 Å². The number of nitrogens with zero attached hydrogens (tertiary/aromatic N) is 2. The van der Waals surface area contributed by atoms with Crippen molar-refractivity contribution < 1.29 is 4.42 Å². The first-order valence-electron chi connectivity index (χ1n) is 17.0. The maximum Gasteiger partial charge on any atom is 0.138 e. The molecule has 50 heavy (non-hydrogen) atoms. The topological polar surface area (TPSA) is 30.4 Å². The third-order valence-electron chi connectivity index (χ3n) is 10.3. The van der Waals surface area contributed by atoms with Gasteiger partial charge in [0.25, 0.3) is 0 Å². The van der Waals surface area contributed by atoms with Crippen LogP contribution in [0.2, 0.25) is 0 Å². The van der Waals surface area contributed by atoms with Gasteiger partial charge in [0.15, 0.2) is 0 Å². The first kappa shape index (κ1) is 27.3. The molecule has 0 atom stereocenters. The summed E-state index contributed by atoms with van der Waals surface area (Å²) in [7, 11) is 0. The van der Waals surface area contributed by atoms with Gasteiger partial charge in [-0.3, -0.25) is 4.40 Å². The van der Waals surface area contributed by atoms with E-state index in [2.05, 4.69) is 174 Å². The number of fused-ring (bicyclic) bond motifs is 7. The molecule has 11 aromatic rings. The number of hydrogen-bond donors (Lipinski definition) is 0. The maximum absolute atomic E-state index is 6.28. The summed E-state index contributed by atoms with van der Waals surface area (Å²) in [6.07, 6.45) is 0. The van der Waals surface area contributed by atoms with Gasteiger partial charge in [-0.25, -0.2) is 4.98 Å². The molecule has 0 aliphatic heterocycles. The number of pyridine rings is 1. The Morgan fingerprint density at radius 2 is 0.960 bits per heavy atom. The van der Waals surface area contributed by atoms with Crippen molar-refractivity contribution in [2.24, 2.45) is 0 Å². The van der Waals surface area contributed by atoms with Crippen LogP contribution in [0.4, 0.5) is 0 Å². The average Bonchev–Trinajstić information content (AvgIpc) is 3.86. The second kappa shape index (κ2) is 10.4. The molecule has 0 aliphatic carbocycles. The second-order valence-electron chi connectivity index (χ2n) is 13.2. The molecule has 3 nitrogen and oxygen atoms in total. The molecule has 0 spiro atoms. The van der Waals surface area contributed by atoms with E-state index >= 15 is 0 Å². The fourth-order valence-corrected chi connectivity index (χ4v) is 7.89. The fraction of sp³-hybridized carbons (Fsp3) is 0. The van der Waals surface area contributed by atoms with Crippen molar-refractivity contribution in [3.8, 4) is 44.6 Å². The molecular weight excluding hydrogens is 609 g/mol. The van der Waals surface area contributed by atoms with Gasteiger partial charge in [0, 0.05) is 27.1 Å². The van der Waals surface area contributed by atoms with Crippen LogP contribution in [-0.4, -0.2) is 9.38 Å². The van der Waals surface area contributed by atoms with E-state index in [0.29, 0.717) is 0 Å². The molecule has 0 bridgehead atoms. The zero-order valence-electron chi connectivity index (χ0n) is 27.0. The molecule has 7 aromatic carbocycles. The summed E-state index contributed by atoms with van der Waals surface area (Å²) in [5, 5.41) is 7.16. The van der Waals surface area contributed by atoms with Gasteiger partial charge in [-0.05, 0) is 98.8 Å². The van der Waals surface area contributed by atoms with Crippen molar-refractivity contribution in [2.75, 3.05) is 0 Å². The summed E-state index contributed by atoms with van der Waals surface area (Å²) < 4.78 is 8.59. The number of hydrogen-bond acceptors (Lipinski definition) is 2. The molecule has 3 heteroatoms. The first-order chi connectivity index (χ1) is 24.7. The SMILES string of the molecule is c1ccc(-c2nc3cccc4c5ccc(-c6cccc(-c7cccc(-c8ccc9oc%10cc%11ccccc%11cc%10c9c8)c7)c6)cc5c2n34)cc1. The summed E-state index contributed by atoms with van der Waals surface area (Å²) >= 11 is 0. The van der Waals surface area contributed by atoms with E-state index in [1.165, 1.54) is 60.4 Å². The quantitative estimate of drug-likeness (QED) is 0.192. The van der Waals surface area contributed by atoms with Gasteiger partial charge < -0.3 is 4.42 Å². The van der Waals surface area contributed by atoms with Crippen LogP contribution < -0.4 is 0 Å². The van der Waals surface area contributed by atoms with Crippen molar-refractivity contribution in [1.82, 2.24) is 9.38 Å². The highest BCUT2D eigenvalue weighted by atomic mass is 16.3. The Bertz CT molecular complexity index is 3090. The molecule has 0 unspecified atom stereocenters. The van der Waals surface area contributed by atoms with Crippen LogP contribution in [0.1, 0.15) is 0 Å². The summed E-state index contributed by atoms with van der Waals surface area (Å²) in [5.74, 6) is 0. The number of rotatable bonds is 4. The number of benzene rings is 7. The summed E-state index contributed by atoms with van der Waals surface area (Å²) in [4.78, 5) is 5.08. The Morgan fingerprint density at radius 3 is 1.70 bits per heavy atom. The standard InChI is InChI=1S/C47H28N2O/c1-2-9-29(10-3-1)46-47-41-27-36(19-21-38(41)42-17-8-18-45(48-46)49(42)47)32-15-6-13-30(23-32)31-14-7-16-33(24-31)37-20-22-43-39(26-37)40-25-34-11-4-5-12-35(34)28-44(40)50-43/h1-28H. The smallest absolute Gasteiger partial charge is 0.138 e. The predicted molar refractivity (Wildman–Crippen MR) is 208 cm³/mol. The highest BCUT2D eigenvalue weighted by molar-refractivity contribution is 6.15. The van der Waals surface area contributed by atoms with Crippen molar-refractivity contribution in [1.29, 1.82) is 0 Å². The van der Waals surface area contributed by atoms with Crippen LogP contribution in [0.5, 0.6) is 0 Å². The maximum atomic E-state index is 6.28. The van der Waals surface area contributed by atoms with E-state index in [1.54, 1.807) is 0 Å². The van der Waals surface area contributed by atoms with Crippen LogP contribution in [0.15, 0.2) is 174 Å². The van der Waals surface area contributed by atoms with Gasteiger partial charge >= 0.3 is 0 Å². The Morgan fingerprint density at radius 1 is 0.380 bits per heavy atom. The Hall–Kier alpha value is -6.71. The van der Waals surface area contributed by atoms with Gasteiger partial charge in [-0.1, -0.05) is 115 Å². The molecule has 0 saturated carbocycles. The largest absolute Gasteiger partial charge is 0.456 e. The van der Waals surface area contributed by atoms with Gasteiger partial charge in [0.05, 0.1) is 16.7 Å². The van der Waals surface area contributed by atoms with E-state index in [0.717, 1.165) is 44.4 Å². The molecular formula is C47H28N2O. The molecule has 0 fully saturated rings. The minimum absolute atomic E-state index is 0.910. The van der Waals surface area contributed by atoms with E-state index in [4.69, 9.17) is 9.40 Å². The molecule has 0 radical (unpaired) electrons. The Balaban J connectivity index is 1.00. The third kappa shape index (κ3) is 4.07. The monoisotopic (exact) mass is 636 g/mol. The van der Waals surface area contributed by atoms with Gasteiger partial charge in [-0.2, -0.15) is 0 Å². The minimum atomic E-state index is 0.910. The van der Waals surface area contributed by atoms with Crippen LogP contribution in [-0.2, 0) is 0 Å². The number of imidazole rings is 1. The Kier molecular flexibility index (Phi) is 5.67. The molecule has 0 amide bonds. The summed E-state index contributed by atoms with van der Waals surface area (Å²) in [5.41, 5.74) is 14.4. The van der Waals surface area contributed by atoms with E-state index in [1.807, 2.05) is 0 Å². The van der Waals surface area contributed by atoms with Crippen LogP contribution in [0, 0.1) is 0 Å². The van der Waals surface area contributed by atoms with Crippen LogP contribution in [0.3, 0.4) is 0 Å². The Labute approximate surface area is 287 Å². The van der Waals surface area contributed by atoms with Crippen LogP contribution >= 0.6 is 0 Å². The molecule has 232 valence electrons. The fourth-order valence-electron chi connectivity index (χ4n) is 7.89. The highest BCUT2D eigenvalue weighted by Gasteiger charge is 2.19. The van der Waals surface area contributed by atoms with Crippen LogP contribution in [0.25, 0.3) is 105 Å². The second-order valence-corrected chi connectivity index (χ2v) is 13.2. The normalized spacial score (nSPS) is 12.0. The van der Waals surface area contributed by atoms with E-state index in [9.17, 15) is 0 Å². The highest BCUT2D eigenvalue weighted by Crippen LogP contribution is 2.40. The molecule has 4 aromatic heterocycles. The molecule has 4 heterocycles. The van der Waals surface area contributed by atoms with Crippen molar-refractivity contribution >= 4 is 60.2 Å². The van der Waals surface area contributed by atoms with Gasteiger partial charge in [-0.15, -0.1) is 0 Å². The minimum Gasteiger partial charge on any atom is -0.456 e. The predicted octanol–water partition coefficient (Wildman–Crippen LogP) is 12.8. The summed E-state index contributed by atoms with van der Waals surface area (Å²) in [6.45, 7) is 0. The van der Waals surface area contributed by atoms with Crippen molar-refractivity contribution in [2.45, 2.75) is 0 Å². The zero-order chi connectivity index (χ0) is 32.8. The van der Waals surface area contributed by atoms with Gasteiger partial charge in [0.2, 0.25) is 0 Å². The molecule has 0 N–H and O–H groups in total. The zero-order valence-corrected chi connectivity index (χ0v) is 27.0. The van der Waals surface area contributed by atoms with Crippen molar-refractivity contribution in [3.63, 3.8) is 0 Å². The summed E-state index contributed by atoms with van der Waals surface area (Å²) in [6, 6.07) is 60.9. The van der Waals surface area contributed by atoms with Gasteiger partial charge in [0.1, 0.15) is 16.8 Å². The molecule has 0 saturated heterocycles. The lowest BCUT2D eigenvalue weighted by molar-refractivity contribution is 0.669. The van der Waals surface area contributed by atoms with Crippen molar-refractivity contribution in [3.05, 3.63) is 170 Å². The lowest BCUT2D eigenvalue weighted by Gasteiger charge is -2.09.